The van der Waals surface area contributed by atoms with Crippen LogP contribution < -0.4 is 15.8 Å². The Labute approximate surface area is 151 Å². The Morgan fingerprint density at radius 3 is 2.69 bits per heavy atom. The molecule has 0 unspecified atom stereocenters. The smallest absolute Gasteiger partial charge is 0.411 e. The number of benzene rings is 1. The van der Waals surface area contributed by atoms with Crippen LogP contribution in [-0.4, -0.2) is 17.7 Å². The van der Waals surface area contributed by atoms with Crippen LogP contribution in [0, 0.1) is 11.7 Å². The van der Waals surface area contributed by atoms with Gasteiger partial charge >= 0.3 is 6.09 Å². The molecular weight excluding hydrogens is 337 g/mol. The second kappa shape index (κ2) is 8.33. The highest BCUT2D eigenvalue weighted by Crippen LogP contribution is 2.34. The van der Waals surface area contributed by atoms with Gasteiger partial charge in [-0.3, -0.25) is 5.32 Å². The van der Waals surface area contributed by atoms with Gasteiger partial charge in [-0.05, 0) is 36.6 Å². The molecule has 1 aromatic carbocycles. The van der Waals surface area contributed by atoms with Crippen molar-refractivity contribution in [3.05, 3.63) is 48.4 Å². The number of nitrogen functional groups attached to an aromatic ring is 1. The van der Waals surface area contributed by atoms with Crippen LogP contribution in [0.2, 0.25) is 0 Å². The van der Waals surface area contributed by atoms with Gasteiger partial charge in [0, 0.05) is 18.0 Å². The molecule has 138 valence electrons. The first-order valence-corrected chi connectivity index (χ1v) is 8.09. The third kappa shape index (κ3) is 4.95. The van der Waals surface area contributed by atoms with Gasteiger partial charge in [0.25, 0.3) is 0 Å². The normalized spacial score (nSPS) is 10.5. The van der Waals surface area contributed by atoms with Gasteiger partial charge in [-0.1, -0.05) is 20.4 Å². The summed E-state index contributed by atoms with van der Waals surface area (Å²) >= 11 is 0. The lowest BCUT2D eigenvalue weighted by molar-refractivity contribution is 0.147. The molecule has 0 aliphatic carbocycles. The van der Waals surface area contributed by atoms with Gasteiger partial charge in [-0.15, -0.1) is 0 Å². The predicted molar refractivity (Wildman–Crippen MR) is 99.6 cm³/mol. The number of nitrogens with two attached hydrogens (primary N) is 1. The first-order chi connectivity index (χ1) is 12.3. The highest BCUT2D eigenvalue weighted by atomic mass is 19.1. The van der Waals surface area contributed by atoms with E-state index >= 15 is 0 Å². The first-order valence-electron chi connectivity index (χ1n) is 8.09. The van der Waals surface area contributed by atoms with Crippen LogP contribution in [0.25, 0.3) is 5.57 Å². The zero-order valence-electron chi connectivity index (χ0n) is 15.0. The fraction of sp³-hybridized carbons (Fsp3) is 0.263. The van der Waals surface area contributed by atoms with E-state index in [-0.39, 0.29) is 29.8 Å². The molecule has 7 heteroatoms. The molecular formula is C19H22FN3O3. The lowest BCUT2D eigenvalue weighted by atomic mass is 10.1. The van der Waals surface area contributed by atoms with Crippen LogP contribution >= 0.6 is 0 Å². The summed E-state index contributed by atoms with van der Waals surface area (Å²) in [6.07, 6.45) is 0.827. The van der Waals surface area contributed by atoms with Crippen LogP contribution in [0.15, 0.2) is 37.0 Å². The van der Waals surface area contributed by atoms with Crippen LogP contribution in [0.5, 0.6) is 11.5 Å². The number of ether oxygens (including phenoxy) is 2. The maximum atomic E-state index is 14.3. The highest BCUT2D eigenvalue weighted by molar-refractivity contribution is 5.84. The van der Waals surface area contributed by atoms with E-state index in [2.05, 4.69) is 16.9 Å². The number of allylic oxidation sites excluding steroid dienone is 1. The lowest BCUT2D eigenvalue weighted by Crippen LogP contribution is -2.16. The molecule has 1 amide bonds. The summed E-state index contributed by atoms with van der Waals surface area (Å²) in [5, 5.41) is 2.47. The molecule has 2 aromatic rings. The van der Waals surface area contributed by atoms with Gasteiger partial charge in [-0.25, -0.2) is 14.2 Å². The van der Waals surface area contributed by atoms with Gasteiger partial charge in [0.2, 0.25) is 0 Å². The molecule has 2 rings (SSSR count). The van der Waals surface area contributed by atoms with Gasteiger partial charge in [0.05, 0.1) is 12.2 Å². The van der Waals surface area contributed by atoms with E-state index in [0.29, 0.717) is 16.9 Å². The number of rotatable bonds is 6. The van der Waals surface area contributed by atoms with Crippen LogP contribution in [0.3, 0.4) is 0 Å². The van der Waals surface area contributed by atoms with Crippen LogP contribution in [-0.2, 0) is 4.74 Å². The molecule has 0 saturated heterocycles. The second-order valence-corrected chi connectivity index (χ2v) is 6.21. The molecule has 0 atom stereocenters. The van der Waals surface area contributed by atoms with E-state index in [1.54, 1.807) is 13.0 Å². The van der Waals surface area contributed by atoms with Crippen molar-refractivity contribution in [1.29, 1.82) is 0 Å². The van der Waals surface area contributed by atoms with E-state index in [4.69, 9.17) is 15.2 Å². The summed E-state index contributed by atoms with van der Waals surface area (Å²) in [5.74, 6) is 0.153. The van der Waals surface area contributed by atoms with Crippen molar-refractivity contribution in [1.82, 2.24) is 4.98 Å². The quantitative estimate of drug-likeness (QED) is 0.771. The molecule has 0 saturated carbocycles. The number of hydrogen-bond donors (Lipinski definition) is 2. The number of nitrogens with one attached hydrogen (secondary N) is 1. The van der Waals surface area contributed by atoms with E-state index in [0.717, 1.165) is 6.07 Å². The monoisotopic (exact) mass is 359 g/mol. The number of hydrogen-bond acceptors (Lipinski definition) is 5. The summed E-state index contributed by atoms with van der Waals surface area (Å²) in [6, 6.07) is 5.65. The molecule has 26 heavy (non-hydrogen) atoms. The molecule has 0 aliphatic heterocycles. The van der Waals surface area contributed by atoms with Crippen molar-refractivity contribution in [2.24, 2.45) is 5.92 Å². The highest BCUT2D eigenvalue weighted by Gasteiger charge is 2.14. The summed E-state index contributed by atoms with van der Waals surface area (Å²) in [4.78, 5) is 15.6. The van der Waals surface area contributed by atoms with E-state index in [1.807, 2.05) is 13.8 Å². The average Bonchev–Trinajstić information content (AvgIpc) is 2.55. The summed E-state index contributed by atoms with van der Waals surface area (Å²) in [6.45, 7) is 9.71. The van der Waals surface area contributed by atoms with Crippen molar-refractivity contribution in [2.75, 3.05) is 17.7 Å². The molecule has 0 spiro atoms. The Morgan fingerprint density at radius 1 is 1.35 bits per heavy atom. The van der Waals surface area contributed by atoms with Crippen molar-refractivity contribution in [2.45, 2.75) is 20.8 Å². The van der Waals surface area contributed by atoms with Crippen molar-refractivity contribution in [3.63, 3.8) is 0 Å². The zero-order chi connectivity index (χ0) is 19.3. The Hall–Kier alpha value is -3.09. The topological polar surface area (TPSA) is 86.5 Å². The number of carbonyl (C=O) groups excluding carboxylic acids is 1. The van der Waals surface area contributed by atoms with Gasteiger partial charge in [0.1, 0.15) is 11.6 Å². The molecule has 0 aliphatic rings. The maximum Gasteiger partial charge on any atom is 0.411 e. The van der Waals surface area contributed by atoms with E-state index < -0.39 is 11.9 Å². The second-order valence-electron chi connectivity index (χ2n) is 6.21. The number of halogens is 1. The molecule has 0 fully saturated rings. The Balaban J connectivity index is 2.15. The average molecular weight is 359 g/mol. The number of pyridine rings is 1. The number of nitrogens with zero attached hydrogens (tertiary/aromatic N) is 1. The Kier molecular flexibility index (Phi) is 6.16. The van der Waals surface area contributed by atoms with Gasteiger partial charge < -0.3 is 15.2 Å². The molecule has 0 radical (unpaired) electrons. The third-order valence-electron chi connectivity index (χ3n) is 3.31. The SMILES string of the molecule is C=C(C)c1c(Oc2ccc(NC(=O)OCC(C)C)cc2F)ccnc1N. The van der Waals surface area contributed by atoms with Crippen LogP contribution in [0.1, 0.15) is 26.3 Å². The predicted octanol–water partition coefficient (Wildman–Crippen LogP) is 4.83. The number of aromatic nitrogens is 1. The van der Waals surface area contributed by atoms with Gasteiger partial charge in [-0.2, -0.15) is 0 Å². The largest absolute Gasteiger partial charge is 0.453 e. The number of amides is 1. The van der Waals surface area contributed by atoms with Gasteiger partial charge in [0.15, 0.2) is 11.6 Å². The standard InChI is InChI=1S/C19H22FN3O3/c1-11(2)10-25-19(24)23-13-5-6-15(14(20)9-13)26-16-7-8-22-18(21)17(16)12(3)4/h5-9,11H,3,10H2,1-2,4H3,(H2,21,22)(H,23,24). The number of anilines is 2. The lowest BCUT2D eigenvalue weighted by Gasteiger charge is -2.14. The zero-order valence-corrected chi connectivity index (χ0v) is 15.0. The minimum absolute atomic E-state index is 0.0146. The minimum Gasteiger partial charge on any atom is -0.453 e. The summed E-state index contributed by atoms with van der Waals surface area (Å²) in [7, 11) is 0. The molecule has 0 bridgehead atoms. The first kappa shape index (κ1) is 19.2. The molecule has 3 N–H and O–H groups in total. The van der Waals surface area contributed by atoms with E-state index in [1.165, 1.54) is 18.3 Å². The van der Waals surface area contributed by atoms with E-state index in [9.17, 15) is 9.18 Å². The summed E-state index contributed by atoms with van der Waals surface area (Å²) in [5.41, 5.74) is 7.27. The van der Waals surface area contributed by atoms with Crippen LogP contribution in [0.4, 0.5) is 20.7 Å². The third-order valence-corrected chi connectivity index (χ3v) is 3.31. The molecule has 1 heterocycles. The fourth-order valence-corrected chi connectivity index (χ4v) is 2.15. The van der Waals surface area contributed by atoms with Crippen molar-refractivity contribution >= 4 is 23.2 Å². The molecule has 6 nitrogen and oxygen atoms in total. The Morgan fingerprint density at radius 2 is 2.08 bits per heavy atom. The minimum atomic E-state index is -0.644. The Bertz CT molecular complexity index is 822. The van der Waals surface area contributed by atoms with Crippen molar-refractivity contribution < 1.29 is 18.7 Å². The molecule has 1 aromatic heterocycles. The summed E-state index contributed by atoms with van der Waals surface area (Å²) < 4.78 is 25.0. The van der Waals surface area contributed by atoms with Crippen molar-refractivity contribution in [3.8, 4) is 11.5 Å². The fourth-order valence-electron chi connectivity index (χ4n) is 2.15. The number of carbonyl (C=O) groups is 1. The maximum absolute atomic E-state index is 14.3.